The molecule has 4 aliphatic carbocycles. The van der Waals surface area contributed by atoms with E-state index >= 15 is 0 Å². The van der Waals surface area contributed by atoms with E-state index in [-0.39, 0.29) is 12.2 Å². The fourth-order valence-corrected chi connectivity index (χ4v) is 8.59. The second-order valence-electron chi connectivity index (χ2n) is 12.3. The van der Waals surface area contributed by atoms with Crippen molar-refractivity contribution in [1.29, 1.82) is 0 Å². The van der Waals surface area contributed by atoms with Crippen LogP contribution in [0.5, 0.6) is 0 Å². The molecule has 0 bridgehead atoms. The van der Waals surface area contributed by atoms with Crippen LogP contribution in [0.4, 0.5) is 0 Å². The Bertz CT molecular complexity index is 624. The number of rotatable bonds is 5. The molecule has 0 aromatic carbocycles. The number of fused-ring (bicyclic) bond motifs is 5. The summed E-state index contributed by atoms with van der Waals surface area (Å²) in [5.74, 6) is 4.51. The first-order valence-electron chi connectivity index (χ1n) is 12.7. The van der Waals surface area contributed by atoms with Gasteiger partial charge in [0.25, 0.3) is 0 Å². The van der Waals surface area contributed by atoms with Crippen molar-refractivity contribution in [2.45, 2.75) is 111 Å². The predicted molar refractivity (Wildman–Crippen MR) is 120 cm³/mol. The summed E-state index contributed by atoms with van der Waals surface area (Å²) in [4.78, 5) is 0. The van der Waals surface area contributed by atoms with Gasteiger partial charge in [0.1, 0.15) is 0 Å². The van der Waals surface area contributed by atoms with Gasteiger partial charge in [0.15, 0.2) is 0 Å². The van der Waals surface area contributed by atoms with Crippen molar-refractivity contribution in [1.82, 2.24) is 0 Å². The van der Waals surface area contributed by atoms with Crippen LogP contribution in [-0.2, 0) is 0 Å². The third-order valence-corrected chi connectivity index (χ3v) is 10.5. The molecule has 0 spiro atoms. The lowest BCUT2D eigenvalue weighted by Crippen LogP contribution is -2.50. The maximum absolute atomic E-state index is 10.3. The van der Waals surface area contributed by atoms with Gasteiger partial charge in [-0.05, 0) is 111 Å². The number of aliphatic hydroxyl groups is 2. The lowest BCUT2D eigenvalue weighted by Gasteiger charge is -2.58. The van der Waals surface area contributed by atoms with Crippen LogP contribution in [0.15, 0.2) is 11.6 Å². The van der Waals surface area contributed by atoms with Crippen molar-refractivity contribution in [3.63, 3.8) is 0 Å². The maximum Gasteiger partial charge on any atom is 0.0577 e. The molecule has 9 atom stereocenters. The molecule has 0 heterocycles. The van der Waals surface area contributed by atoms with Crippen molar-refractivity contribution in [2.75, 3.05) is 0 Å². The number of allylic oxidation sites excluding steroid dienone is 1. The standard InChI is InChI=1S/C27H46O2/c1-17(2)25(29)11-6-18(3)22-9-10-23-21-8-7-19-16-20(28)12-14-26(19,4)24(21)13-15-27(22,23)5/h7,17-18,20-25,28-29H,6,8-16H2,1-5H3. The van der Waals surface area contributed by atoms with Crippen molar-refractivity contribution in [3.8, 4) is 0 Å². The summed E-state index contributed by atoms with van der Waals surface area (Å²) >= 11 is 0. The highest BCUT2D eigenvalue weighted by atomic mass is 16.3. The van der Waals surface area contributed by atoms with E-state index < -0.39 is 0 Å². The van der Waals surface area contributed by atoms with Gasteiger partial charge in [-0.15, -0.1) is 0 Å². The van der Waals surface area contributed by atoms with Crippen LogP contribution in [0.3, 0.4) is 0 Å². The van der Waals surface area contributed by atoms with Crippen LogP contribution >= 0.6 is 0 Å². The molecule has 2 nitrogen and oxygen atoms in total. The van der Waals surface area contributed by atoms with Gasteiger partial charge in [-0.2, -0.15) is 0 Å². The maximum atomic E-state index is 10.3. The van der Waals surface area contributed by atoms with Crippen molar-refractivity contribution >= 4 is 0 Å². The summed E-state index contributed by atoms with van der Waals surface area (Å²) in [5.41, 5.74) is 2.44. The summed E-state index contributed by atoms with van der Waals surface area (Å²) in [5, 5.41) is 20.5. The number of aliphatic hydroxyl groups excluding tert-OH is 2. The van der Waals surface area contributed by atoms with Crippen LogP contribution in [-0.4, -0.2) is 22.4 Å². The quantitative estimate of drug-likeness (QED) is 0.525. The molecule has 3 saturated carbocycles. The van der Waals surface area contributed by atoms with Gasteiger partial charge in [0.2, 0.25) is 0 Å². The molecule has 0 saturated heterocycles. The summed E-state index contributed by atoms with van der Waals surface area (Å²) in [7, 11) is 0. The Balaban J connectivity index is 1.49. The lowest BCUT2D eigenvalue weighted by molar-refractivity contribution is -0.0579. The van der Waals surface area contributed by atoms with Crippen LogP contribution in [0.1, 0.15) is 98.8 Å². The lowest BCUT2D eigenvalue weighted by atomic mass is 9.47. The van der Waals surface area contributed by atoms with E-state index in [2.05, 4.69) is 40.7 Å². The Morgan fingerprint density at radius 3 is 2.48 bits per heavy atom. The van der Waals surface area contributed by atoms with E-state index in [1.165, 1.54) is 44.9 Å². The molecule has 0 radical (unpaired) electrons. The number of hydrogen-bond donors (Lipinski definition) is 2. The fourth-order valence-electron chi connectivity index (χ4n) is 8.59. The van der Waals surface area contributed by atoms with Gasteiger partial charge in [-0.3, -0.25) is 0 Å². The summed E-state index contributed by atoms with van der Waals surface area (Å²) < 4.78 is 0. The second-order valence-corrected chi connectivity index (χ2v) is 12.3. The second kappa shape index (κ2) is 7.97. The van der Waals surface area contributed by atoms with Crippen molar-refractivity contribution in [2.24, 2.45) is 46.3 Å². The van der Waals surface area contributed by atoms with Gasteiger partial charge in [0.05, 0.1) is 12.2 Å². The first-order valence-corrected chi connectivity index (χ1v) is 12.7. The van der Waals surface area contributed by atoms with Gasteiger partial charge < -0.3 is 10.2 Å². The van der Waals surface area contributed by atoms with Gasteiger partial charge in [-0.1, -0.05) is 46.3 Å². The van der Waals surface area contributed by atoms with E-state index in [9.17, 15) is 10.2 Å². The van der Waals surface area contributed by atoms with Gasteiger partial charge in [-0.25, -0.2) is 0 Å². The third kappa shape index (κ3) is 3.65. The first-order chi connectivity index (χ1) is 13.7. The SMILES string of the molecule is CC(C)C(O)CCC(C)C1CCC2C3CC=C4CC(O)CCC4(C)C3CCC12C. The Morgan fingerprint density at radius 1 is 1.00 bits per heavy atom. The minimum absolute atomic E-state index is 0.0994. The Hall–Kier alpha value is -0.340. The predicted octanol–water partition coefficient (Wildman–Crippen LogP) is 6.36. The number of hydrogen-bond acceptors (Lipinski definition) is 2. The highest BCUT2D eigenvalue weighted by Crippen LogP contribution is 2.67. The summed E-state index contributed by atoms with van der Waals surface area (Å²) in [6.07, 6.45) is 14.4. The van der Waals surface area contributed by atoms with Crippen molar-refractivity contribution in [3.05, 3.63) is 11.6 Å². The summed E-state index contributed by atoms with van der Waals surface area (Å²) in [6, 6.07) is 0. The third-order valence-electron chi connectivity index (χ3n) is 10.5. The minimum Gasteiger partial charge on any atom is -0.393 e. The molecular weight excluding hydrogens is 356 g/mol. The topological polar surface area (TPSA) is 40.5 Å². The van der Waals surface area contributed by atoms with Crippen LogP contribution in [0, 0.1) is 46.3 Å². The zero-order chi connectivity index (χ0) is 21.0. The molecule has 0 aromatic rings. The molecule has 4 rings (SSSR count). The van der Waals surface area contributed by atoms with E-state index in [0.717, 1.165) is 48.9 Å². The Labute approximate surface area is 179 Å². The van der Waals surface area contributed by atoms with Gasteiger partial charge >= 0.3 is 0 Å². The van der Waals surface area contributed by atoms with E-state index in [4.69, 9.17) is 0 Å². The zero-order valence-corrected chi connectivity index (χ0v) is 19.7. The van der Waals surface area contributed by atoms with Gasteiger partial charge in [0, 0.05) is 0 Å². The van der Waals surface area contributed by atoms with E-state index in [1.54, 1.807) is 5.57 Å². The fraction of sp³-hybridized carbons (Fsp3) is 0.926. The molecule has 0 amide bonds. The van der Waals surface area contributed by atoms with Crippen LogP contribution in [0.25, 0.3) is 0 Å². The molecule has 2 heteroatoms. The Kier molecular flexibility index (Phi) is 6.01. The first kappa shape index (κ1) is 21.9. The minimum atomic E-state index is -0.137. The molecule has 9 unspecified atom stereocenters. The average Bonchev–Trinajstić information content (AvgIpc) is 3.03. The van der Waals surface area contributed by atoms with E-state index in [0.29, 0.717) is 16.7 Å². The van der Waals surface area contributed by atoms with Crippen molar-refractivity contribution < 1.29 is 10.2 Å². The molecular formula is C27H46O2. The normalized spacial score (nSPS) is 46.5. The average molecular weight is 403 g/mol. The van der Waals surface area contributed by atoms with Crippen LogP contribution in [0.2, 0.25) is 0 Å². The molecule has 29 heavy (non-hydrogen) atoms. The molecule has 3 fully saturated rings. The smallest absolute Gasteiger partial charge is 0.0577 e. The summed E-state index contributed by atoms with van der Waals surface area (Å²) in [6.45, 7) is 11.9. The largest absolute Gasteiger partial charge is 0.393 e. The molecule has 0 aromatic heterocycles. The van der Waals surface area contributed by atoms with Crippen LogP contribution < -0.4 is 0 Å². The molecule has 4 aliphatic rings. The monoisotopic (exact) mass is 402 g/mol. The molecule has 0 aliphatic heterocycles. The zero-order valence-electron chi connectivity index (χ0n) is 19.7. The van der Waals surface area contributed by atoms with E-state index in [1.807, 2.05) is 0 Å². The molecule has 166 valence electrons. The highest BCUT2D eigenvalue weighted by Gasteiger charge is 2.59. The molecule has 2 N–H and O–H groups in total. The Morgan fingerprint density at radius 2 is 1.76 bits per heavy atom. The highest BCUT2D eigenvalue weighted by molar-refractivity contribution is 5.25.